The van der Waals surface area contributed by atoms with Gasteiger partial charge in [0, 0.05) is 12.6 Å². The molecule has 4 nitrogen and oxygen atoms in total. The van der Waals surface area contributed by atoms with Gasteiger partial charge >= 0.3 is 6.18 Å². The van der Waals surface area contributed by atoms with Crippen LogP contribution >= 0.6 is 12.4 Å². The van der Waals surface area contributed by atoms with Crippen molar-refractivity contribution < 1.29 is 26.0 Å². The lowest BCUT2D eigenvalue weighted by atomic mass is 10.2. The molecular formula is C12H17ClF4N2O2S. The molecule has 0 aliphatic carbocycles. The van der Waals surface area contributed by atoms with E-state index >= 15 is 0 Å². The second kappa shape index (κ2) is 8.09. The van der Waals surface area contributed by atoms with Crippen LogP contribution in [-0.4, -0.2) is 27.5 Å². The van der Waals surface area contributed by atoms with Crippen molar-refractivity contribution in [1.82, 2.24) is 10.0 Å². The second-order valence-corrected chi connectivity index (χ2v) is 6.18. The number of rotatable bonds is 6. The van der Waals surface area contributed by atoms with E-state index in [9.17, 15) is 26.0 Å². The third-order valence-corrected chi connectivity index (χ3v) is 4.15. The minimum Gasteiger partial charge on any atom is -0.313 e. The molecule has 0 saturated heterocycles. The molecule has 0 bridgehead atoms. The van der Waals surface area contributed by atoms with Gasteiger partial charge in [0.1, 0.15) is 5.82 Å². The smallest absolute Gasteiger partial charge is 0.313 e. The van der Waals surface area contributed by atoms with Gasteiger partial charge in [-0.25, -0.2) is 17.5 Å². The highest BCUT2D eigenvalue weighted by Gasteiger charge is 2.37. The molecule has 0 spiro atoms. The van der Waals surface area contributed by atoms with E-state index in [-0.39, 0.29) is 31.1 Å². The van der Waals surface area contributed by atoms with Gasteiger partial charge in [-0.05, 0) is 31.7 Å². The summed E-state index contributed by atoms with van der Waals surface area (Å²) in [6.07, 6.45) is -4.96. The van der Waals surface area contributed by atoms with E-state index < -0.39 is 32.5 Å². The Labute approximate surface area is 132 Å². The Kier molecular flexibility index (Phi) is 7.76. The van der Waals surface area contributed by atoms with Crippen molar-refractivity contribution in [1.29, 1.82) is 0 Å². The summed E-state index contributed by atoms with van der Waals surface area (Å²) in [6.45, 7) is 4.01. The van der Waals surface area contributed by atoms with Gasteiger partial charge in [0.2, 0.25) is 10.0 Å². The van der Waals surface area contributed by atoms with E-state index in [1.165, 1.54) is 0 Å². The topological polar surface area (TPSA) is 58.2 Å². The maximum atomic E-state index is 13.0. The van der Waals surface area contributed by atoms with Gasteiger partial charge in [-0.1, -0.05) is 6.92 Å². The molecular weight excluding hydrogens is 348 g/mol. The largest absolute Gasteiger partial charge is 0.417 e. The third-order valence-electron chi connectivity index (χ3n) is 2.67. The van der Waals surface area contributed by atoms with Gasteiger partial charge in [0.05, 0.1) is 10.5 Å². The van der Waals surface area contributed by atoms with Crippen LogP contribution in [0.15, 0.2) is 23.1 Å². The molecule has 22 heavy (non-hydrogen) atoms. The minimum atomic E-state index is -4.96. The van der Waals surface area contributed by atoms with Gasteiger partial charge in [-0.2, -0.15) is 13.2 Å². The van der Waals surface area contributed by atoms with Gasteiger partial charge in [-0.3, -0.25) is 0 Å². The van der Waals surface area contributed by atoms with Crippen LogP contribution < -0.4 is 10.0 Å². The Morgan fingerprint density at radius 2 is 1.86 bits per heavy atom. The Morgan fingerprint density at radius 3 is 2.36 bits per heavy atom. The van der Waals surface area contributed by atoms with Crippen molar-refractivity contribution in [2.75, 3.05) is 13.1 Å². The number of sulfonamides is 1. The van der Waals surface area contributed by atoms with E-state index in [1.54, 1.807) is 6.92 Å². The van der Waals surface area contributed by atoms with Crippen LogP contribution in [0.3, 0.4) is 0 Å². The molecule has 0 amide bonds. The fourth-order valence-electron chi connectivity index (χ4n) is 1.69. The summed E-state index contributed by atoms with van der Waals surface area (Å²) in [6, 6.07) is 1.21. The van der Waals surface area contributed by atoms with Crippen molar-refractivity contribution in [3.05, 3.63) is 29.6 Å². The molecule has 2 N–H and O–H groups in total. The van der Waals surface area contributed by atoms with Crippen LogP contribution in [0.2, 0.25) is 0 Å². The predicted octanol–water partition coefficient (Wildman–Crippen LogP) is 2.54. The highest BCUT2D eigenvalue weighted by Crippen LogP contribution is 2.34. The Morgan fingerprint density at radius 1 is 1.27 bits per heavy atom. The SMILES string of the molecule is CCN[C@H](C)CNS(=O)(=O)c1ccc(F)cc1C(F)(F)F.Cl. The van der Waals surface area contributed by atoms with E-state index in [4.69, 9.17) is 0 Å². The molecule has 10 heteroatoms. The van der Waals surface area contributed by atoms with E-state index in [2.05, 4.69) is 10.0 Å². The van der Waals surface area contributed by atoms with Crippen molar-refractivity contribution in [3.8, 4) is 0 Å². The number of likely N-dealkylation sites (N-methyl/N-ethyl adjacent to an activating group) is 1. The summed E-state index contributed by atoms with van der Waals surface area (Å²) in [5, 5.41) is 2.91. The molecule has 0 aromatic heterocycles. The highest BCUT2D eigenvalue weighted by molar-refractivity contribution is 7.89. The molecule has 0 fully saturated rings. The van der Waals surface area contributed by atoms with Crippen molar-refractivity contribution in [3.63, 3.8) is 0 Å². The first-order valence-corrected chi connectivity index (χ1v) is 7.66. The van der Waals surface area contributed by atoms with Crippen molar-refractivity contribution in [2.24, 2.45) is 0 Å². The van der Waals surface area contributed by atoms with E-state index in [0.717, 1.165) is 0 Å². The predicted molar refractivity (Wildman–Crippen MR) is 77.0 cm³/mol. The lowest BCUT2D eigenvalue weighted by molar-refractivity contribution is -0.140. The first-order chi connectivity index (χ1) is 9.58. The van der Waals surface area contributed by atoms with E-state index in [0.29, 0.717) is 18.7 Å². The number of nitrogens with one attached hydrogen (secondary N) is 2. The summed E-state index contributed by atoms with van der Waals surface area (Å²) in [5.74, 6) is -1.15. The molecule has 0 saturated carbocycles. The van der Waals surface area contributed by atoms with Crippen LogP contribution in [-0.2, 0) is 16.2 Å². The molecule has 0 unspecified atom stereocenters. The summed E-state index contributed by atoms with van der Waals surface area (Å²) >= 11 is 0. The number of hydrogen-bond acceptors (Lipinski definition) is 3. The molecule has 1 aromatic carbocycles. The minimum absolute atomic E-state index is 0. The van der Waals surface area contributed by atoms with Crippen LogP contribution in [0.1, 0.15) is 19.4 Å². The maximum Gasteiger partial charge on any atom is 0.417 e. The summed E-state index contributed by atoms with van der Waals surface area (Å²) < 4.78 is 77.4. The Balaban J connectivity index is 0.00000441. The first kappa shape index (κ1) is 21.1. The monoisotopic (exact) mass is 364 g/mol. The molecule has 0 aliphatic rings. The van der Waals surface area contributed by atoms with E-state index in [1.807, 2.05) is 6.92 Å². The van der Waals surface area contributed by atoms with Gasteiger partial charge < -0.3 is 5.32 Å². The number of hydrogen-bond donors (Lipinski definition) is 2. The molecule has 1 rings (SSSR count). The lowest BCUT2D eigenvalue weighted by Gasteiger charge is -2.16. The lowest BCUT2D eigenvalue weighted by Crippen LogP contribution is -2.39. The Hall–Kier alpha value is -0.900. The van der Waals surface area contributed by atoms with Gasteiger partial charge in [0.15, 0.2) is 0 Å². The number of benzene rings is 1. The average Bonchev–Trinajstić information content (AvgIpc) is 2.35. The molecule has 0 radical (unpaired) electrons. The van der Waals surface area contributed by atoms with Crippen molar-refractivity contribution in [2.45, 2.75) is 31.0 Å². The first-order valence-electron chi connectivity index (χ1n) is 6.17. The molecule has 0 aliphatic heterocycles. The zero-order valence-electron chi connectivity index (χ0n) is 11.9. The summed E-state index contributed by atoms with van der Waals surface area (Å²) in [4.78, 5) is -0.986. The van der Waals surface area contributed by atoms with Crippen LogP contribution in [0, 0.1) is 5.82 Å². The average molecular weight is 365 g/mol. The third kappa shape index (κ3) is 5.71. The van der Waals surface area contributed by atoms with Gasteiger partial charge in [0.25, 0.3) is 0 Å². The van der Waals surface area contributed by atoms with Crippen LogP contribution in [0.4, 0.5) is 17.6 Å². The fraction of sp³-hybridized carbons (Fsp3) is 0.500. The van der Waals surface area contributed by atoms with Crippen LogP contribution in [0.25, 0.3) is 0 Å². The molecule has 0 heterocycles. The molecule has 1 aromatic rings. The van der Waals surface area contributed by atoms with Crippen molar-refractivity contribution >= 4 is 22.4 Å². The second-order valence-electron chi connectivity index (χ2n) is 4.45. The fourth-order valence-corrected chi connectivity index (χ4v) is 3.03. The van der Waals surface area contributed by atoms with Gasteiger partial charge in [-0.15, -0.1) is 12.4 Å². The molecule has 128 valence electrons. The number of alkyl halides is 3. The zero-order valence-corrected chi connectivity index (χ0v) is 13.5. The Bertz CT molecular complexity index is 593. The summed E-state index contributed by atoms with van der Waals surface area (Å²) in [5.41, 5.74) is -1.52. The molecule has 1 atom stereocenters. The standard InChI is InChI=1S/C12H16F4N2O2S.ClH/c1-3-17-8(2)7-18-21(19,20)11-5-4-9(13)6-10(11)12(14,15)16;/h4-6,8,17-18H,3,7H2,1-2H3;1H/t8-;/m1./s1. The van der Waals surface area contributed by atoms with Crippen LogP contribution in [0.5, 0.6) is 0 Å². The number of halogens is 5. The quantitative estimate of drug-likeness (QED) is 0.763. The summed E-state index contributed by atoms with van der Waals surface area (Å²) in [7, 11) is -4.38. The highest BCUT2D eigenvalue weighted by atomic mass is 35.5. The normalized spacial score (nSPS) is 13.5. The maximum absolute atomic E-state index is 13.0. The zero-order chi connectivity index (χ0) is 16.3.